The van der Waals surface area contributed by atoms with Crippen LogP contribution in [0.3, 0.4) is 0 Å². The Balaban J connectivity index is 2.29. The Hall–Kier alpha value is -1.95. The highest BCUT2D eigenvalue weighted by Gasteiger charge is 2.18. The zero-order valence-electron chi connectivity index (χ0n) is 11.2. The van der Waals surface area contributed by atoms with Gasteiger partial charge in [-0.05, 0) is 31.9 Å². The van der Waals surface area contributed by atoms with Crippen LogP contribution in [0, 0.1) is 10.1 Å². The number of hydrogen-bond acceptors (Lipinski definition) is 3. The Bertz CT molecular complexity index is 596. The van der Waals surface area contributed by atoms with E-state index in [0.717, 1.165) is 18.5 Å². The molecule has 1 aliphatic rings. The first-order valence-electron chi connectivity index (χ1n) is 6.44. The SMILES string of the molecule is CCN(C1=CCCC=C1)S(=O)c1cccc([N+](=O)[O-])c1. The Morgan fingerprint density at radius 2 is 2.20 bits per heavy atom. The van der Waals surface area contributed by atoms with Crippen LogP contribution in [0.4, 0.5) is 5.69 Å². The summed E-state index contributed by atoms with van der Waals surface area (Å²) >= 11 is 0. The molecule has 20 heavy (non-hydrogen) atoms. The molecule has 0 fully saturated rings. The molecule has 106 valence electrons. The summed E-state index contributed by atoms with van der Waals surface area (Å²) < 4.78 is 14.3. The first-order chi connectivity index (χ1) is 9.63. The molecule has 0 saturated carbocycles. The molecule has 0 aromatic heterocycles. The highest BCUT2D eigenvalue weighted by atomic mass is 32.2. The predicted octanol–water partition coefficient (Wildman–Crippen LogP) is 3.17. The van der Waals surface area contributed by atoms with Gasteiger partial charge in [0.2, 0.25) is 0 Å². The van der Waals surface area contributed by atoms with Gasteiger partial charge in [-0.25, -0.2) is 4.21 Å². The van der Waals surface area contributed by atoms with Crippen molar-refractivity contribution in [3.63, 3.8) is 0 Å². The van der Waals surface area contributed by atoms with Gasteiger partial charge in [0, 0.05) is 24.4 Å². The molecule has 2 rings (SSSR count). The normalized spacial score (nSPS) is 15.6. The third-order valence-electron chi connectivity index (χ3n) is 2.98. The van der Waals surface area contributed by atoms with E-state index >= 15 is 0 Å². The Morgan fingerprint density at radius 1 is 1.40 bits per heavy atom. The Kier molecular flexibility index (Phi) is 4.68. The summed E-state index contributed by atoms with van der Waals surface area (Å²) in [6.07, 6.45) is 7.95. The number of non-ortho nitro benzene ring substituents is 1. The average molecular weight is 292 g/mol. The molecule has 6 heteroatoms. The highest BCUT2D eigenvalue weighted by molar-refractivity contribution is 7.82. The Morgan fingerprint density at radius 3 is 2.80 bits per heavy atom. The van der Waals surface area contributed by atoms with Gasteiger partial charge < -0.3 is 0 Å². The minimum absolute atomic E-state index is 0.0416. The van der Waals surface area contributed by atoms with Gasteiger partial charge in [0.05, 0.1) is 9.82 Å². The van der Waals surface area contributed by atoms with E-state index in [1.807, 2.05) is 25.2 Å². The summed E-state index contributed by atoms with van der Waals surface area (Å²) in [7, 11) is -1.44. The van der Waals surface area contributed by atoms with E-state index in [2.05, 4.69) is 0 Å². The lowest BCUT2D eigenvalue weighted by molar-refractivity contribution is -0.385. The lowest BCUT2D eigenvalue weighted by Gasteiger charge is -2.24. The number of likely N-dealkylation sites (N-methyl/N-ethyl adjacent to an activating group) is 1. The summed E-state index contributed by atoms with van der Waals surface area (Å²) in [4.78, 5) is 10.8. The van der Waals surface area contributed by atoms with Gasteiger partial charge >= 0.3 is 0 Å². The molecular weight excluding hydrogens is 276 g/mol. The molecule has 0 N–H and O–H groups in total. The number of nitro benzene ring substituents is 1. The molecule has 1 atom stereocenters. The quantitative estimate of drug-likeness (QED) is 0.618. The van der Waals surface area contributed by atoms with Crippen LogP contribution in [-0.4, -0.2) is 20.0 Å². The van der Waals surface area contributed by atoms with E-state index < -0.39 is 15.9 Å². The number of rotatable bonds is 5. The predicted molar refractivity (Wildman–Crippen MR) is 78.3 cm³/mol. The number of allylic oxidation sites excluding steroid dienone is 3. The fourth-order valence-electron chi connectivity index (χ4n) is 2.01. The van der Waals surface area contributed by atoms with E-state index in [1.54, 1.807) is 16.4 Å². The fourth-order valence-corrected chi connectivity index (χ4v) is 3.25. The molecule has 0 radical (unpaired) electrons. The van der Waals surface area contributed by atoms with Crippen LogP contribution in [0.5, 0.6) is 0 Å². The van der Waals surface area contributed by atoms with E-state index in [4.69, 9.17) is 0 Å². The summed E-state index contributed by atoms with van der Waals surface area (Å²) in [5.41, 5.74) is 0.864. The molecule has 1 aromatic rings. The van der Waals surface area contributed by atoms with Crippen molar-refractivity contribution in [2.24, 2.45) is 0 Å². The second kappa shape index (κ2) is 6.47. The van der Waals surface area contributed by atoms with Crippen molar-refractivity contribution in [3.8, 4) is 0 Å². The van der Waals surface area contributed by atoms with Crippen molar-refractivity contribution >= 4 is 16.7 Å². The maximum atomic E-state index is 12.6. The third-order valence-corrected chi connectivity index (χ3v) is 4.51. The van der Waals surface area contributed by atoms with Gasteiger partial charge in [0.15, 0.2) is 11.0 Å². The average Bonchev–Trinajstić information content (AvgIpc) is 2.49. The van der Waals surface area contributed by atoms with Crippen LogP contribution in [0.1, 0.15) is 19.8 Å². The molecule has 1 aromatic carbocycles. The highest BCUT2D eigenvalue weighted by Crippen LogP contribution is 2.22. The second-order valence-electron chi connectivity index (χ2n) is 4.31. The van der Waals surface area contributed by atoms with Crippen LogP contribution < -0.4 is 0 Å². The van der Waals surface area contributed by atoms with Gasteiger partial charge in [0.25, 0.3) is 5.69 Å². The summed E-state index contributed by atoms with van der Waals surface area (Å²) in [6, 6.07) is 5.98. The monoisotopic (exact) mass is 292 g/mol. The zero-order valence-corrected chi connectivity index (χ0v) is 12.0. The van der Waals surface area contributed by atoms with Crippen molar-refractivity contribution in [1.82, 2.24) is 4.31 Å². The molecule has 5 nitrogen and oxygen atoms in total. The second-order valence-corrected chi connectivity index (χ2v) is 5.72. The molecule has 0 saturated heterocycles. The minimum atomic E-state index is -1.44. The largest absolute Gasteiger partial charge is 0.288 e. The van der Waals surface area contributed by atoms with Gasteiger partial charge in [-0.2, -0.15) is 0 Å². The number of hydrogen-bond donors (Lipinski definition) is 0. The van der Waals surface area contributed by atoms with Crippen LogP contribution in [0.15, 0.2) is 53.1 Å². The standard InChI is InChI=1S/C14H16N2O3S/c1-2-15(12-7-4-3-5-8-12)20(19)14-10-6-9-13(11-14)16(17)18/h4,6-11H,2-3,5H2,1H3. The first kappa shape index (κ1) is 14.5. The number of nitro groups is 1. The van der Waals surface area contributed by atoms with Crippen molar-refractivity contribution < 1.29 is 9.13 Å². The maximum Gasteiger partial charge on any atom is 0.270 e. The van der Waals surface area contributed by atoms with Crippen molar-refractivity contribution in [2.75, 3.05) is 6.54 Å². The molecule has 0 heterocycles. The molecule has 1 unspecified atom stereocenters. The summed E-state index contributed by atoms with van der Waals surface area (Å²) in [5.74, 6) is 0. The van der Waals surface area contributed by atoms with Gasteiger partial charge in [-0.1, -0.05) is 18.2 Å². The fraction of sp³-hybridized carbons (Fsp3) is 0.286. The van der Waals surface area contributed by atoms with Gasteiger partial charge in [-0.3, -0.25) is 14.4 Å². The van der Waals surface area contributed by atoms with Crippen LogP contribution in [0.2, 0.25) is 0 Å². The van der Waals surface area contributed by atoms with Crippen molar-refractivity contribution in [1.29, 1.82) is 0 Å². The van der Waals surface area contributed by atoms with Crippen molar-refractivity contribution in [3.05, 3.63) is 58.3 Å². The zero-order chi connectivity index (χ0) is 14.5. The first-order valence-corrected chi connectivity index (χ1v) is 7.54. The number of benzene rings is 1. The van der Waals surface area contributed by atoms with E-state index in [9.17, 15) is 14.3 Å². The van der Waals surface area contributed by atoms with Crippen molar-refractivity contribution in [2.45, 2.75) is 24.7 Å². The van der Waals surface area contributed by atoms with Crippen LogP contribution >= 0.6 is 0 Å². The lowest BCUT2D eigenvalue weighted by Crippen LogP contribution is -2.25. The van der Waals surface area contributed by atoms with E-state index in [-0.39, 0.29) is 5.69 Å². The Labute approximate surface area is 120 Å². The minimum Gasteiger partial charge on any atom is -0.288 e. The van der Waals surface area contributed by atoms with E-state index in [0.29, 0.717) is 11.4 Å². The van der Waals surface area contributed by atoms with Gasteiger partial charge in [-0.15, -0.1) is 0 Å². The molecule has 0 spiro atoms. The van der Waals surface area contributed by atoms with Crippen LogP contribution in [-0.2, 0) is 11.0 Å². The summed E-state index contributed by atoms with van der Waals surface area (Å²) in [5, 5.41) is 10.8. The molecule has 1 aliphatic carbocycles. The molecule has 0 bridgehead atoms. The lowest BCUT2D eigenvalue weighted by atomic mass is 10.1. The maximum absolute atomic E-state index is 12.6. The molecule has 0 aliphatic heterocycles. The topological polar surface area (TPSA) is 63.5 Å². The molecular formula is C14H16N2O3S. The molecule has 0 amide bonds. The number of nitrogens with zero attached hydrogens (tertiary/aromatic N) is 2. The summed E-state index contributed by atoms with van der Waals surface area (Å²) in [6.45, 7) is 2.49. The smallest absolute Gasteiger partial charge is 0.270 e. The van der Waals surface area contributed by atoms with Crippen LogP contribution in [0.25, 0.3) is 0 Å². The third kappa shape index (κ3) is 3.14. The van der Waals surface area contributed by atoms with Gasteiger partial charge in [0.1, 0.15) is 0 Å². The van der Waals surface area contributed by atoms with E-state index in [1.165, 1.54) is 12.1 Å².